The predicted molar refractivity (Wildman–Crippen MR) is 72.1 cm³/mol. The molecular weight excluding hydrogens is 246 g/mol. The van der Waals surface area contributed by atoms with E-state index in [1.165, 1.54) is 22.5 Å². The highest BCUT2D eigenvalue weighted by atomic mass is 32.1. The zero-order chi connectivity index (χ0) is 12.7. The number of aromatic nitrogens is 1. The van der Waals surface area contributed by atoms with Crippen molar-refractivity contribution in [1.29, 1.82) is 0 Å². The van der Waals surface area contributed by atoms with E-state index in [0.29, 0.717) is 12.3 Å². The van der Waals surface area contributed by atoms with Gasteiger partial charge >= 0.3 is 5.97 Å². The molecule has 2 aromatic rings. The number of rotatable bonds is 4. The highest BCUT2D eigenvalue weighted by Gasteiger charge is 2.27. The highest BCUT2D eigenvalue weighted by molar-refractivity contribution is 7.18. The number of carbonyl (C=O) groups is 1. The van der Waals surface area contributed by atoms with E-state index in [4.69, 9.17) is 5.11 Å². The molecule has 1 aliphatic rings. The number of hydrogen-bond donors (Lipinski definition) is 1. The maximum atomic E-state index is 10.9. The maximum Gasteiger partial charge on any atom is 0.306 e. The van der Waals surface area contributed by atoms with E-state index >= 15 is 0 Å². The molecule has 1 heterocycles. The van der Waals surface area contributed by atoms with E-state index in [2.05, 4.69) is 11.1 Å². The van der Waals surface area contributed by atoms with Gasteiger partial charge in [-0.15, -0.1) is 11.3 Å². The molecule has 3 nitrogen and oxygen atoms in total. The molecule has 4 heteroatoms. The van der Waals surface area contributed by atoms with Crippen LogP contribution >= 0.6 is 11.3 Å². The Hall–Kier alpha value is -1.42. The number of aliphatic carboxylic acids is 1. The summed E-state index contributed by atoms with van der Waals surface area (Å²) in [5.41, 5.74) is 2.14. The summed E-state index contributed by atoms with van der Waals surface area (Å²) in [6.45, 7) is 1.74. The smallest absolute Gasteiger partial charge is 0.306 e. The summed E-state index contributed by atoms with van der Waals surface area (Å²) >= 11 is 1.76. The molecule has 0 bridgehead atoms. The molecule has 0 radical (unpaired) electrons. The molecule has 1 aliphatic carbocycles. The molecule has 0 amide bonds. The van der Waals surface area contributed by atoms with Crippen LogP contribution in [0.15, 0.2) is 18.2 Å². The van der Waals surface area contributed by atoms with E-state index in [1.54, 1.807) is 18.3 Å². The Kier molecular flexibility index (Phi) is 2.82. The van der Waals surface area contributed by atoms with Gasteiger partial charge < -0.3 is 5.11 Å². The summed E-state index contributed by atoms with van der Waals surface area (Å²) in [4.78, 5) is 15.5. The minimum Gasteiger partial charge on any atom is -0.481 e. The van der Waals surface area contributed by atoms with Gasteiger partial charge in [0.1, 0.15) is 0 Å². The van der Waals surface area contributed by atoms with Crippen LogP contribution in [0, 0.1) is 5.92 Å². The summed E-state index contributed by atoms with van der Waals surface area (Å²) in [6, 6.07) is 6.11. The standard InChI is InChI=1S/C14H15NO2S/c1-8(14(16)17)6-9-2-5-11-12(7-9)18-13(15-11)10-3-4-10/h2,5,7-8,10H,3-4,6H2,1H3,(H,16,17). The average molecular weight is 261 g/mol. The van der Waals surface area contributed by atoms with Crippen LogP contribution in [0.3, 0.4) is 0 Å². The van der Waals surface area contributed by atoms with Gasteiger partial charge in [-0.05, 0) is 37.0 Å². The van der Waals surface area contributed by atoms with Gasteiger partial charge in [-0.25, -0.2) is 4.98 Å². The van der Waals surface area contributed by atoms with Gasteiger partial charge in [0.15, 0.2) is 0 Å². The van der Waals surface area contributed by atoms with Crippen LogP contribution < -0.4 is 0 Å². The van der Waals surface area contributed by atoms with Gasteiger partial charge in [0.25, 0.3) is 0 Å². The van der Waals surface area contributed by atoms with Gasteiger partial charge in [-0.3, -0.25) is 4.79 Å². The molecule has 3 rings (SSSR count). The predicted octanol–water partition coefficient (Wildman–Crippen LogP) is 3.44. The normalized spacial score (nSPS) is 16.9. The minimum absolute atomic E-state index is 0.335. The second-order valence-corrected chi connectivity index (χ2v) is 6.13. The Morgan fingerprint density at radius 1 is 1.56 bits per heavy atom. The summed E-state index contributed by atoms with van der Waals surface area (Å²) in [7, 11) is 0. The average Bonchev–Trinajstić information content (AvgIpc) is 3.09. The number of nitrogens with zero attached hydrogens (tertiary/aromatic N) is 1. The molecule has 1 saturated carbocycles. The first-order valence-corrected chi connectivity index (χ1v) is 7.07. The molecule has 1 fully saturated rings. The van der Waals surface area contributed by atoms with E-state index in [1.807, 2.05) is 12.1 Å². The van der Waals surface area contributed by atoms with E-state index in [0.717, 1.165) is 11.1 Å². The number of hydrogen-bond acceptors (Lipinski definition) is 3. The first kappa shape index (κ1) is 11.7. The molecule has 0 spiro atoms. The van der Waals surface area contributed by atoms with Crippen LogP contribution in [-0.4, -0.2) is 16.1 Å². The Morgan fingerprint density at radius 3 is 3.00 bits per heavy atom. The lowest BCUT2D eigenvalue weighted by atomic mass is 10.0. The topological polar surface area (TPSA) is 50.2 Å². The van der Waals surface area contributed by atoms with E-state index < -0.39 is 5.97 Å². The maximum absolute atomic E-state index is 10.9. The van der Waals surface area contributed by atoms with Crippen molar-refractivity contribution in [2.24, 2.45) is 5.92 Å². The summed E-state index contributed by atoms with van der Waals surface area (Å²) in [5.74, 6) is -0.389. The first-order valence-electron chi connectivity index (χ1n) is 6.25. The van der Waals surface area contributed by atoms with Crippen molar-refractivity contribution >= 4 is 27.5 Å². The lowest BCUT2D eigenvalue weighted by Crippen LogP contribution is -2.12. The number of benzene rings is 1. The quantitative estimate of drug-likeness (QED) is 0.917. The van der Waals surface area contributed by atoms with Gasteiger partial charge in [0.05, 0.1) is 21.1 Å². The number of carboxylic acid groups (broad SMARTS) is 1. The summed E-state index contributed by atoms with van der Waals surface area (Å²) in [6.07, 6.45) is 3.12. The molecule has 1 unspecified atom stereocenters. The van der Waals surface area contributed by atoms with Gasteiger partial charge in [-0.1, -0.05) is 13.0 Å². The van der Waals surface area contributed by atoms with Crippen molar-refractivity contribution in [2.45, 2.75) is 32.1 Å². The Balaban J connectivity index is 1.87. The molecule has 0 saturated heterocycles. The Morgan fingerprint density at radius 2 is 2.33 bits per heavy atom. The number of thiazole rings is 1. The zero-order valence-corrected chi connectivity index (χ0v) is 11.0. The lowest BCUT2D eigenvalue weighted by molar-refractivity contribution is -0.141. The van der Waals surface area contributed by atoms with Crippen molar-refractivity contribution in [3.05, 3.63) is 28.8 Å². The second-order valence-electron chi connectivity index (χ2n) is 5.07. The van der Waals surface area contributed by atoms with Crippen LogP contribution in [0.5, 0.6) is 0 Å². The third-order valence-electron chi connectivity index (χ3n) is 3.36. The van der Waals surface area contributed by atoms with Gasteiger partial charge in [0.2, 0.25) is 0 Å². The third kappa shape index (κ3) is 2.25. The zero-order valence-electron chi connectivity index (χ0n) is 10.2. The molecule has 0 aliphatic heterocycles. The lowest BCUT2D eigenvalue weighted by Gasteiger charge is -2.05. The van der Waals surface area contributed by atoms with Crippen LogP contribution in [0.4, 0.5) is 0 Å². The monoisotopic (exact) mass is 261 g/mol. The van der Waals surface area contributed by atoms with Crippen molar-refractivity contribution in [3.63, 3.8) is 0 Å². The highest BCUT2D eigenvalue weighted by Crippen LogP contribution is 2.43. The SMILES string of the molecule is CC(Cc1ccc2nc(C3CC3)sc2c1)C(=O)O. The first-order chi connectivity index (χ1) is 8.63. The molecule has 1 N–H and O–H groups in total. The van der Waals surface area contributed by atoms with Crippen molar-refractivity contribution in [1.82, 2.24) is 4.98 Å². The number of fused-ring (bicyclic) bond motifs is 1. The molecule has 18 heavy (non-hydrogen) atoms. The minimum atomic E-state index is -0.738. The van der Waals surface area contributed by atoms with Crippen molar-refractivity contribution < 1.29 is 9.90 Å². The largest absolute Gasteiger partial charge is 0.481 e. The number of carboxylic acids is 1. The fraction of sp³-hybridized carbons (Fsp3) is 0.429. The van der Waals surface area contributed by atoms with Crippen molar-refractivity contribution in [2.75, 3.05) is 0 Å². The van der Waals surface area contributed by atoms with E-state index in [9.17, 15) is 4.79 Å². The third-order valence-corrected chi connectivity index (χ3v) is 4.54. The molecule has 1 aromatic heterocycles. The van der Waals surface area contributed by atoms with Crippen LogP contribution in [0.25, 0.3) is 10.2 Å². The second kappa shape index (κ2) is 4.35. The van der Waals surface area contributed by atoms with Crippen LogP contribution in [0.1, 0.15) is 36.3 Å². The van der Waals surface area contributed by atoms with E-state index in [-0.39, 0.29) is 5.92 Å². The fourth-order valence-electron chi connectivity index (χ4n) is 2.06. The summed E-state index contributed by atoms with van der Waals surface area (Å²) < 4.78 is 1.19. The van der Waals surface area contributed by atoms with Crippen LogP contribution in [-0.2, 0) is 11.2 Å². The molecule has 1 atom stereocenters. The Bertz CT molecular complexity index is 601. The fourth-order valence-corrected chi connectivity index (χ4v) is 3.26. The molecule has 1 aromatic carbocycles. The Labute approximate surface area is 109 Å². The van der Waals surface area contributed by atoms with Gasteiger partial charge in [-0.2, -0.15) is 0 Å². The van der Waals surface area contributed by atoms with Crippen molar-refractivity contribution in [3.8, 4) is 0 Å². The molecule has 94 valence electrons. The summed E-state index contributed by atoms with van der Waals surface area (Å²) in [5, 5.41) is 10.2. The van der Waals surface area contributed by atoms with Crippen LogP contribution in [0.2, 0.25) is 0 Å². The van der Waals surface area contributed by atoms with Gasteiger partial charge in [0, 0.05) is 5.92 Å². The molecular formula is C14H15NO2S.